The first-order valence-electron chi connectivity index (χ1n) is 12.2. The lowest BCUT2D eigenvalue weighted by atomic mass is 9.88. The summed E-state index contributed by atoms with van der Waals surface area (Å²) in [6.07, 6.45) is 8.35. The molecule has 34 heavy (non-hydrogen) atoms. The SMILES string of the molecule is CCOc1cc(C=Nn2c(C3CCCCC3)nc3ccccc3c2=O)cc(I)c1O[C@H](C)CC. The van der Waals surface area contributed by atoms with Crippen molar-refractivity contribution in [2.75, 3.05) is 6.61 Å². The number of rotatable bonds is 8. The van der Waals surface area contributed by atoms with Crippen LogP contribution in [0.15, 0.2) is 46.3 Å². The Balaban J connectivity index is 1.77. The van der Waals surface area contributed by atoms with Gasteiger partial charge in [-0.3, -0.25) is 4.79 Å². The van der Waals surface area contributed by atoms with Gasteiger partial charge in [-0.15, -0.1) is 0 Å². The second kappa shape index (κ2) is 11.3. The summed E-state index contributed by atoms with van der Waals surface area (Å²) in [5, 5.41) is 5.25. The minimum atomic E-state index is -0.126. The van der Waals surface area contributed by atoms with Gasteiger partial charge in [0.15, 0.2) is 11.5 Å². The molecule has 1 aliphatic rings. The quantitative estimate of drug-likeness (QED) is 0.228. The van der Waals surface area contributed by atoms with E-state index in [1.807, 2.05) is 50.2 Å². The van der Waals surface area contributed by atoms with Crippen LogP contribution in [0.3, 0.4) is 0 Å². The third-order valence-corrected chi connectivity index (χ3v) is 7.10. The van der Waals surface area contributed by atoms with Crippen molar-refractivity contribution in [1.29, 1.82) is 0 Å². The molecule has 1 aromatic heterocycles. The Labute approximate surface area is 214 Å². The van der Waals surface area contributed by atoms with Crippen LogP contribution in [0.25, 0.3) is 10.9 Å². The van der Waals surface area contributed by atoms with Crippen molar-refractivity contribution in [3.8, 4) is 11.5 Å². The van der Waals surface area contributed by atoms with Crippen LogP contribution >= 0.6 is 22.6 Å². The molecule has 1 heterocycles. The highest BCUT2D eigenvalue weighted by atomic mass is 127. The molecule has 7 heteroatoms. The average molecular weight is 573 g/mol. The molecule has 0 spiro atoms. The Morgan fingerprint density at radius 2 is 1.97 bits per heavy atom. The van der Waals surface area contributed by atoms with Gasteiger partial charge in [-0.2, -0.15) is 9.78 Å². The monoisotopic (exact) mass is 573 g/mol. The van der Waals surface area contributed by atoms with E-state index in [2.05, 4.69) is 34.6 Å². The second-order valence-corrected chi connectivity index (χ2v) is 9.95. The zero-order chi connectivity index (χ0) is 24.1. The van der Waals surface area contributed by atoms with E-state index in [9.17, 15) is 4.79 Å². The Morgan fingerprint density at radius 3 is 2.71 bits per heavy atom. The van der Waals surface area contributed by atoms with Gasteiger partial charge in [0.05, 0.1) is 33.4 Å². The lowest BCUT2D eigenvalue weighted by Gasteiger charge is -2.22. The minimum absolute atomic E-state index is 0.0903. The molecule has 6 nitrogen and oxygen atoms in total. The first-order chi connectivity index (χ1) is 16.5. The van der Waals surface area contributed by atoms with Crippen LogP contribution in [0.2, 0.25) is 0 Å². The predicted molar refractivity (Wildman–Crippen MR) is 146 cm³/mol. The molecule has 1 aliphatic carbocycles. The molecule has 2 aromatic carbocycles. The van der Waals surface area contributed by atoms with E-state index >= 15 is 0 Å². The van der Waals surface area contributed by atoms with Crippen LogP contribution in [0, 0.1) is 3.57 Å². The highest BCUT2D eigenvalue weighted by Gasteiger charge is 2.22. The molecule has 1 atom stereocenters. The summed E-state index contributed by atoms with van der Waals surface area (Å²) in [7, 11) is 0. The minimum Gasteiger partial charge on any atom is -0.490 e. The van der Waals surface area contributed by atoms with Crippen molar-refractivity contribution in [2.24, 2.45) is 5.10 Å². The number of halogens is 1. The molecule has 0 bridgehead atoms. The first-order valence-corrected chi connectivity index (χ1v) is 13.3. The number of para-hydroxylation sites is 1. The first kappa shape index (κ1) is 24.7. The highest BCUT2D eigenvalue weighted by molar-refractivity contribution is 14.1. The Bertz CT molecular complexity index is 1230. The molecule has 0 radical (unpaired) electrons. The molecule has 0 unspecified atom stereocenters. The molecule has 1 saturated carbocycles. The van der Waals surface area contributed by atoms with E-state index in [-0.39, 0.29) is 17.6 Å². The summed E-state index contributed by atoms with van der Waals surface area (Å²) < 4.78 is 14.5. The number of nitrogens with zero attached hydrogens (tertiary/aromatic N) is 3. The fourth-order valence-corrected chi connectivity index (χ4v) is 5.08. The van der Waals surface area contributed by atoms with E-state index < -0.39 is 0 Å². The van der Waals surface area contributed by atoms with Gasteiger partial charge in [-0.05, 0) is 85.5 Å². The number of hydrogen-bond donors (Lipinski definition) is 0. The molecule has 0 amide bonds. The lowest BCUT2D eigenvalue weighted by molar-refractivity contribution is 0.201. The van der Waals surface area contributed by atoms with Crippen LogP contribution < -0.4 is 15.0 Å². The van der Waals surface area contributed by atoms with Crippen LogP contribution in [-0.2, 0) is 0 Å². The fraction of sp³-hybridized carbons (Fsp3) is 0.444. The highest BCUT2D eigenvalue weighted by Crippen LogP contribution is 2.35. The fourth-order valence-electron chi connectivity index (χ4n) is 4.33. The number of aromatic nitrogens is 2. The molecule has 0 aliphatic heterocycles. The summed E-state index contributed by atoms with van der Waals surface area (Å²) in [6.45, 7) is 6.64. The van der Waals surface area contributed by atoms with Crippen LogP contribution in [0.1, 0.15) is 76.6 Å². The summed E-state index contributed by atoms with van der Waals surface area (Å²) in [5.74, 6) is 2.44. The van der Waals surface area contributed by atoms with Gasteiger partial charge in [-0.1, -0.05) is 38.3 Å². The summed E-state index contributed by atoms with van der Waals surface area (Å²) in [5.41, 5.74) is 1.46. The zero-order valence-corrected chi connectivity index (χ0v) is 22.2. The van der Waals surface area contributed by atoms with Gasteiger partial charge >= 0.3 is 0 Å². The maximum Gasteiger partial charge on any atom is 0.282 e. The molecule has 1 fully saturated rings. The number of benzene rings is 2. The standard InChI is InChI=1S/C27H32IN3O3/c1-4-18(3)34-25-22(28)15-19(16-24(25)33-5-2)17-29-31-26(20-11-7-6-8-12-20)30-23-14-10-9-13-21(23)27(31)32/h9-10,13-18,20H,4-8,11-12H2,1-3H3/t18-/m1/s1. The topological polar surface area (TPSA) is 65.7 Å². The Morgan fingerprint density at radius 1 is 1.21 bits per heavy atom. The van der Waals surface area contributed by atoms with E-state index in [4.69, 9.17) is 14.5 Å². The molecule has 180 valence electrons. The second-order valence-electron chi connectivity index (χ2n) is 8.78. The molecule has 3 aromatic rings. The van der Waals surface area contributed by atoms with E-state index in [0.717, 1.165) is 58.3 Å². The predicted octanol–water partition coefficient (Wildman–Crippen LogP) is 6.51. The van der Waals surface area contributed by atoms with E-state index in [0.29, 0.717) is 17.7 Å². The van der Waals surface area contributed by atoms with Gasteiger partial charge in [0, 0.05) is 5.92 Å². The largest absolute Gasteiger partial charge is 0.490 e. The molecular formula is C27H32IN3O3. The van der Waals surface area contributed by atoms with Gasteiger partial charge in [-0.25, -0.2) is 4.98 Å². The average Bonchev–Trinajstić information content (AvgIpc) is 2.86. The van der Waals surface area contributed by atoms with Crippen molar-refractivity contribution in [1.82, 2.24) is 9.66 Å². The third kappa shape index (κ3) is 5.45. The number of hydrogen-bond acceptors (Lipinski definition) is 5. The van der Waals surface area contributed by atoms with Crippen molar-refractivity contribution in [3.63, 3.8) is 0 Å². The van der Waals surface area contributed by atoms with Gasteiger partial charge in [0.1, 0.15) is 5.82 Å². The van der Waals surface area contributed by atoms with Crippen molar-refractivity contribution in [2.45, 2.75) is 71.3 Å². The molecule has 4 rings (SSSR count). The van der Waals surface area contributed by atoms with E-state index in [1.54, 1.807) is 6.21 Å². The number of ether oxygens (including phenoxy) is 2. The smallest absolute Gasteiger partial charge is 0.282 e. The molecule has 0 saturated heterocycles. The van der Waals surface area contributed by atoms with Crippen molar-refractivity contribution >= 4 is 39.7 Å². The van der Waals surface area contributed by atoms with Crippen LogP contribution in [0.5, 0.6) is 11.5 Å². The molecular weight excluding hydrogens is 541 g/mol. The van der Waals surface area contributed by atoms with Gasteiger partial charge in [0.25, 0.3) is 5.56 Å². The third-order valence-electron chi connectivity index (χ3n) is 6.30. The van der Waals surface area contributed by atoms with Crippen LogP contribution in [-0.4, -0.2) is 28.6 Å². The van der Waals surface area contributed by atoms with Crippen molar-refractivity contribution in [3.05, 3.63) is 61.7 Å². The molecule has 0 N–H and O–H groups in total. The van der Waals surface area contributed by atoms with Crippen LogP contribution in [0.4, 0.5) is 0 Å². The normalized spacial score (nSPS) is 15.6. The van der Waals surface area contributed by atoms with E-state index in [1.165, 1.54) is 11.1 Å². The lowest BCUT2D eigenvalue weighted by Crippen LogP contribution is -2.25. The Hall–Kier alpha value is -2.42. The summed E-state index contributed by atoms with van der Waals surface area (Å²) in [4.78, 5) is 18.3. The van der Waals surface area contributed by atoms with Crippen molar-refractivity contribution < 1.29 is 9.47 Å². The maximum absolute atomic E-state index is 13.4. The zero-order valence-electron chi connectivity index (χ0n) is 20.1. The summed E-state index contributed by atoms with van der Waals surface area (Å²) in [6, 6.07) is 11.4. The maximum atomic E-state index is 13.4. The number of fused-ring (bicyclic) bond motifs is 1. The summed E-state index contributed by atoms with van der Waals surface area (Å²) >= 11 is 2.27. The Kier molecular flexibility index (Phi) is 8.24. The van der Waals surface area contributed by atoms with Gasteiger partial charge in [0.2, 0.25) is 0 Å². The van der Waals surface area contributed by atoms with Gasteiger partial charge < -0.3 is 9.47 Å².